The van der Waals surface area contributed by atoms with Crippen LogP contribution in [0.1, 0.15) is 5.69 Å². The minimum Gasteiger partial charge on any atom is -0.508 e. The highest BCUT2D eigenvalue weighted by Crippen LogP contribution is 2.19. The average molecular weight is 229 g/mol. The van der Waals surface area contributed by atoms with Crippen LogP contribution in [0.3, 0.4) is 0 Å². The van der Waals surface area contributed by atoms with Crippen molar-refractivity contribution in [2.75, 3.05) is 0 Å². The summed E-state index contributed by atoms with van der Waals surface area (Å²) in [4.78, 5) is 15.4. The second-order valence-electron chi connectivity index (χ2n) is 4.12. The topological polar surface area (TPSA) is 70.9 Å². The summed E-state index contributed by atoms with van der Waals surface area (Å²) in [6.07, 6.45) is 0. The predicted molar refractivity (Wildman–Crippen MR) is 65.2 cm³/mol. The molecule has 1 aromatic carbocycles. The maximum absolute atomic E-state index is 12.3. The van der Waals surface area contributed by atoms with Crippen LogP contribution in [0, 0.1) is 6.92 Å². The SMILES string of the molecule is Cc1c2c(=O)c3cc(O)ccc3[nH]c2nn1C. The molecule has 0 aliphatic carbocycles. The quantitative estimate of drug-likeness (QED) is 0.612. The summed E-state index contributed by atoms with van der Waals surface area (Å²) in [6, 6.07) is 4.69. The maximum atomic E-state index is 12.3. The normalized spacial score (nSPS) is 11.4. The van der Waals surface area contributed by atoms with Crippen molar-refractivity contribution >= 4 is 21.9 Å². The van der Waals surface area contributed by atoms with Crippen LogP contribution in [0.25, 0.3) is 21.9 Å². The van der Waals surface area contributed by atoms with Gasteiger partial charge in [-0.2, -0.15) is 5.10 Å². The molecule has 0 bridgehead atoms. The molecule has 0 aliphatic heterocycles. The van der Waals surface area contributed by atoms with Gasteiger partial charge in [-0.15, -0.1) is 0 Å². The molecular weight excluding hydrogens is 218 g/mol. The third-order valence-electron chi connectivity index (χ3n) is 3.06. The fourth-order valence-corrected chi connectivity index (χ4v) is 2.06. The number of pyridine rings is 1. The first-order chi connectivity index (χ1) is 8.08. The standard InChI is InChI=1S/C12H11N3O2/c1-6-10-11(17)8-5-7(16)3-4-9(8)13-12(10)14-15(6)2/h3-5,16H,1-2H3,(H,13,14). The number of phenols is 1. The van der Waals surface area contributed by atoms with E-state index in [1.165, 1.54) is 6.07 Å². The number of benzene rings is 1. The van der Waals surface area contributed by atoms with Crippen LogP contribution in [0.15, 0.2) is 23.0 Å². The van der Waals surface area contributed by atoms with Gasteiger partial charge in [0.1, 0.15) is 5.75 Å². The summed E-state index contributed by atoms with van der Waals surface area (Å²) < 4.78 is 1.67. The van der Waals surface area contributed by atoms with Crippen molar-refractivity contribution in [3.05, 3.63) is 34.1 Å². The molecule has 17 heavy (non-hydrogen) atoms. The second kappa shape index (κ2) is 3.10. The molecule has 0 unspecified atom stereocenters. The van der Waals surface area contributed by atoms with Gasteiger partial charge in [0.2, 0.25) is 5.43 Å². The minimum absolute atomic E-state index is 0.0869. The number of aromatic hydroxyl groups is 1. The van der Waals surface area contributed by atoms with Crippen LogP contribution in [-0.2, 0) is 7.05 Å². The molecule has 2 N–H and O–H groups in total. The molecule has 0 fully saturated rings. The van der Waals surface area contributed by atoms with E-state index in [2.05, 4.69) is 10.1 Å². The van der Waals surface area contributed by atoms with Crippen molar-refractivity contribution in [2.45, 2.75) is 6.92 Å². The van der Waals surface area contributed by atoms with Gasteiger partial charge in [0, 0.05) is 18.1 Å². The lowest BCUT2D eigenvalue weighted by atomic mass is 10.1. The van der Waals surface area contributed by atoms with Crippen LogP contribution in [0.5, 0.6) is 5.75 Å². The van der Waals surface area contributed by atoms with Gasteiger partial charge in [0.15, 0.2) is 5.65 Å². The van der Waals surface area contributed by atoms with E-state index in [9.17, 15) is 9.90 Å². The number of aromatic amines is 1. The molecule has 5 nitrogen and oxygen atoms in total. The molecule has 2 aromatic heterocycles. The molecule has 5 heteroatoms. The molecule has 0 atom stereocenters. The first kappa shape index (κ1) is 9.89. The Morgan fingerprint density at radius 1 is 1.41 bits per heavy atom. The second-order valence-corrected chi connectivity index (χ2v) is 4.12. The third-order valence-corrected chi connectivity index (χ3v) is 3.06. The van der Waals surface area contributed by atoms with Crippen molar-refractivity contribution in [3.63, 3.8) is 0 Å². The molecule has 0 amide bonds. The number of aromatic nitrogens is 3. The van der Waals surface area contributed by atoms with Gasteiger partial charge in [0.25, 0.3) is 0 Å². The Labute approximate surface area is 96.3 Å². The average Bonchev–Trinajstić information content (AvgIpc) is 2.57. The van der Waals surface area contributed by atoms with Crippen LogP contribution in [0.2, 0.25) is 0 Å². The van der Waals surface area contributed by atoms with Gasteiger partial charge < -0.3 is 10.1 Å². The van der Waals surface area contributed by atoms with Crippen LogP contribution in [0.4, 0.5) is 0 Å². The lowest BCUT2D eigenvalue weighted by Gasteiger charge is -1.99. The Balaban J connectivity index is 2.63. The molecule has 3 aromatic rings. The van der Waals surface area contributed by atoms with Crippen molar-refractivity contribution in [1.29, 1.82) is 0 Å². The van der Waals surface area contributed by atoms with Crippen LogP contribution in [-0.4, -0.2) is 19.9 Å². The van der Waals surface area contributed by atoms with E-state index in [1.54, 1.807) is 23.9 Å². The van der Waals surface area contributed by atoms with E-state index in [-0.39, 0.29) is 11.2 Å². The largest absolute Gasteiger partial charge is 0.508 e. The lowest BCUT2D eigenvalue weighted by molar-refractivity contribution is 0.476. The Morgan fingerprint density at radius 3 is 2.94 bits per heavy atom. The summed E-state index contributed by atoms with van der Waals surface area (Å²) in [6.45, 7) is 1.85. The Bertz CT molecular complexity index is 799. The molecule has 2 heterocycles. The summed E-state index contributed by atoms with van der Waals surface area (Å²) in [5.41, 5.74) is 1.97. The van der Waals surface area contributed by atoms with Crippen LogP contribution < -0.4 is 5.43 Å². The minimum atomic E-state index is -0.102. The maximum Gasteiger partial charge on any atom is 0.200 e. The smallest absolute Gasteiger partial charge is 0.200 e. The molecule has 0 saturated heterocycles. The Morgan fingerprint density at radius 2 is 2.18 bits per heavy atom. The van der Waals surface area contributed by atoms with E-state index < -0.39 is 0 Å². The van der Waals surface area contributed by atoms with Crippen molar-refractivity contribution in [3.8, 4) is 5.75 Å². The number of nitrogens with zero attached hydrogens (tertiary/aromatic N) is 2. The Hall–Kier alpha value is -2.30. The molecule has 0 spiro atoms. The fraction of sp³-hybridized carbons (Fsp3) is 0.167. The lowest BCUT2D eigenvalue weighted by Crippen LogP contribution is -2.04. The van der Waals surface area contributed by atoms with Gasteiger partial charge >= 0.3 is 0 Å². The predicted octanol–water partition coefficient (Wildman–Crippen LogP) is 1.43. The number of fused-ring (bicyclic) bond motifs is 2. The molecule has 3 rings (SSSR count). The number of aryl methyl sites for hydroxylation is 2. The summed E-state index contributed by atoms with van der Waals surface area (Å²) >= 11 is 0. The monoisotopic (exact) mass is 229 g/mol. The van der Waals surface area contributed by atoms with E-state index in [1.807, 2.05) is 6.92 Å². The highest BCUT2D eigenvalue weighted by Gasteiger charge is 2.12. The number of nitrogens with one attached hydrogen (secondary N) is 1. The molecule has 0 saturated carbocycles. The molecule has 0 aliphatic rings. The molecule has 86 valence electrons. The highest BCUT2D eigenvalue weighted by molar-refractivity contribution is 5.92. The number of hydrogen-bond donors (Lipinski definition) is 2. The van der Waals surface area contributed by atoms with E-state index in [0.29, 0.717) is 21.9 Å². The summed E-state index contributed by atoms with van der Waals surface area (Å²) in [5.74, 6) is 0.0869. The number of phenolic OH excluding ortho intramolecular Hbond substituents is 1. The van der Waals surface area contributed by atoms with Gasteiger partial charge in [-0.1, -0.05) is 0 Å². The van der Waals surface area contributed by atoms with Crippen molar-refractivity contribution in [1.82, 2.24) is 14.8 Å². The fourth-order valence-electron chi connectivity index (χ4n) is 2.06. The third kappa shape index (κ3) is 1.25. The highest BCUT2D eigenvalue weighted by atomic mass is 16.3. The molecule has 0 radical (unpaired) electrons. The van der Waals surface area contributed by atoms with Crippen molar-refractivity contribution in [2.24, 2.45) is 7.05 Å². The number of H-pyrrole nitrogens is 1. The molecular formula is C12H11N3O2. The zero-order chi connectivity index (χ0) is 12.2. The zero-order valence-corrected chi connectivity index (χ0v) is 9.48. The summed E-state index contributed by atoms with van der Waals surface area (Å²) in [7, 11) is 1.80. The van der Waals surface area contributed by atoms with Gasteiger partial charge in [-0.05, 0) is 25.1 Å². The van der Waals surface area contributed by atoms with E-state index in [0.717, 1.165) is 5.69 Å². The van der Waals surface area contributed by atoms with Crippen molar-refractivity contribution < 1.29 is 5.11 Å². The van der Waals surface area contributed by atoms with Gasteiger partial charge in [0.05, 0.1) is 10.9 Å². The zero-order valence-electron chi connectivity index (χ0n) is 9.48. The van der Waals surface area contributed by atoms with Gasteiger partial charge in [-0.3, -0.25) is 9.48 Å². The van der Waals surface area contributed by atoms with Crippen LogP contribution >= 0.6 is 0 Å². The van der Waals surface area contributed by atoms with E-state index in [4.69, 9.17) is 0 Å². The first-order valence-corrected chi connectivity index (χ1v) is 5.26. The number of hydrogen-bond acceptors (Lipinski definition) is 3. The number of rotatable bonds is 0. The van der Waals surface area contributed by atoms with Gasteiger partial charge in [-0.25, -0.2) is 0 Å². The summed E-state index contributed by atoms with van der Waals surface area (Å²) in [5, 5.41) is 14.7. The van der Waals surface area contributed by atoms with E-state index >= 15 is 0 Å². The first-order valence-electron chi connectivity index (χ1n) is 5.26. The Kier molecular flexibility index (Phi) is 1.80.